The summed E-state index contributed by atoms with van der Waals surface area (Å²) < 4.78 is 0. The van der Waals surface area contributed by atoms with Crippen LogP contribution in [0, 0.1) is 5.92 Å². The highest BCUT2D eigenvalue weighted by atomic mass is 16.1. The topological polar surface area (TPSA) is 17.1 Å². The fourth-order valence-corrected chi connectivity index (χ4v) is 1.13. The number of carbonyl (C=O) groups excluding carboxylic acids is 1. The van der Waals surface area contributed by atoms with E-state index in [2.05, 4.69) is 13.8 Å². The minimum absolute atomic E-state index is 0.752. The highest BCUT2D eigenvalue weighted by Gasteiger charge is 1.93. The highest BCUT2D eigenvalue weighted by Crippen LogP contribution is 2.09. The number of unbranched alkanes of at least 4 members (excludes halogenated alkanes) is 4. The average Bonchev–Trinajstić information content (AvgIpc) is 1.96. The summed E-state index contributed by atoms with van der Waals surface area (Å²) in [5, 5.41) is 0. The van der Waals surface area contributed by atoms with Crippen LogP contribution in [-0.4, -0.2) is 6.29 Å². The van der Waals surface area contributed by atoms with E-state index >= 15 is 0 Å². The Hall–Kier alpha value is -0.330. The maximum Gasteiger partial charge on any atom is 0.119 e. The van der Waals surface area contributed by atoms with Gasteiger partial charge in [-0.25, -0.2) is 0 Å². The summed E-state index contributed by atoms with van der Waals surface area (Å²) >= 11 is 0. The molecule has 0 heterocycles. The van der Waals surface area contributed by atoms with Crippen molar-refractivity contribution < 1.29 is 4.79 Å². The molecule has 0 aliphatic carbocycles. The second kappa shape index (κ2) is 7.77. The van der Waals surface area contributed by atoms with Crippen LogP contribution in [0.2, 0.25) is 0 Å². The molecule has 1 heteroatoms. The lowest BCUT2D eigenvalue weighted by atomic mass is 10.0. The largest absolute Gasteiger partial charge is 0.303 e. The molecule has 0 aromatic carbocycles. The molecule has 0 aromatic rings. The highest BCUT2D eigenvalue weighted by molar-refractivity contribution is 5.48. The molecule has 0 aromatic heterocycles. The minimum atomic E-state index is 0.752. The van der Waals surface area contributed by atoms with Crippen LogP contribution in [0.4, 0.5) is 0 Å². The lowest BCUT2D eigenvalue weighted by Gasteiger charge is -2.02. The van der Waals surface area contributed by atoms with Gasteiger partial charge in [-0.3, -0.25) is 0 Å². The average molecular weight is 156 g/mol. The molecular formula is C10H20O. The molecule has 0 spiro atoms. The van der Waals surface area contributed by atoms with Gasteiger partial charge in [-0.05, 0) is 12.3 Å². The smallest absolute Gasteiger partial charge is 0.119 e. The fraction of sp³-hybridized carbons (Fsp3) is 0.900. The predicted octanol–water partition coefficient (Wildman–Crippen LogP) is 3.18. The number of hydrogen-bond donors (Lipinski definition) is 0. The zero-order valence-electron chi connectivity index (χ0n) is 7.81. The van der Waals surface area contributed by atoms with E-state index < -0.39 is 0 Å². The Kier molecular flexibility index (Phi) is 7.54. The Labute approximate surface area is 70.2 Å². The van der Waals surface area contributed by atoms with Crippen molar-refractivity contribution in [3.05, 3.63) is 0 Å². The van der Waals surface area contributed by atoms with Gasteiger partial charge in [0.05, 0.1) is 0 Å². The van der Waals surface area contributed by atoms with Crippen molar-refractivity contribution in [2.24, 2.45) is 5.92 Å². The summed E-state index contributed by atoms with van der Waals surface area (Å²) in [5.74, 6) is 0.834. The van der Waals surface area contributed by atoms with E-state index in [0.717, 1.165) is 25.0 Å². The molecule has 0 rings (SSSR count). The van der Waals surface area contributed by atoms with Gasteiger partial charge in [0.15, 0.2) is 0 Å². The summed E-state index contributed by atoms with van der Waals surface area (Å²) in [4.78, 5) is 9.95. The second-order valence-corrected chi connectivity index (χ2v) is 3.55. The van der Waals surface area contributed by atoms with Crippen LogP contribution in [0.15, 0.2) is 0 Å². The van der Waals surface area contributed by atoms with E-state index in [9.17, 15) is 4.79 Å². The van der Waals surface area contributed by atoms with Crippen LogP contribution in [0.1, 0.15) is 52.4 Å². The van der Waals surface area contributed by atoms with Crippen LogP contribution >= 0.6 is 0 Å². The van der Waals surface area contributed by atoms with Gasteiger partial charge in [0.2, 0.25) is 0 Å². The number of rotatable bonds is 7. The van der Waals surface area contributed by atoms with Crippen molar-refractivity contribution in [3.63, 3.8) is 0 Å². The van der Waals surface area contributed by atoms with Gasteiger partial charge < -0.3 is 4.79 Å². The molecule has 0 bridgehead atoms. The molecule has 0 unspecified atom stereocenters. The lowest BCUT2D eigenvalue weighted by molar-refractivity contribution is -0.107. The molecule has 0 N–H and O–H groups in total. The Morgan fingerprint density at radius 1 is 1.09 bits per heavy atom. The first-order valence-corrected chi connectivity index (χ1v) is 4.71. The zero-order valence-corrected chi connectivity index (χ0v) is 7.81. The van der Waals surface area contributed by atoms with Gasteiger partial charge in [-0.15, -0.1) is 0 Å². The Balaban J connectivity index is 2.85. The molecule has 0 fully saturated rings. The zero-order chi connectivity index (χ0) is 8.53. The van der Waals surface area contributed by atoms with Gasteiger partial charge in [0, 0.05) is 6.42 Å². The molecule has 0 saturated heterocycles. The summed E-state index contributed by atoms with van der Waals surface area (Å²) in [6.07, 6.45) is 8.04. The molecule has 11 heavy (non-hydrogen) atoms. The molecule has 0 saturated carbocycles. The molecule has 66 valence electrons. The monoisotopic (exact) mass is 156 g/mol. The fourth-order valence-electron chi connectivity index (χ4n) is 1.13. The Bertz CT molecular complexity index is 86.9. The maximum absolute atomic E-state index is 9.95. The molecule has 0 aliphatic rings. The van der Waals surface area contributed by atoms with Crippen molar-refractivity contribution >= 4 is 6.29 Å². The molecule has 0 atom stereocenters. The van der Waals surface area contributed by atoms with Crippen molar-refractivity contribution in [1.82, 2.24) is 0 Å². The SMILES string of the molecule is CC(C)CCCCCCC=O. The number of aldehydes is 1. The van der Waals surface area contributed by atoms with E-state index in [1.807, 2.05) is 0 Å². The summed E-state index contributed by atoms with van der Waals surface area (Å²) in [5.41, 5.74) is 0. The quantitative estimate of drug-likeness (QED) is 0.408. The first kappa shape index (κ1) is 10.7. The van der Waals surface area contributed by atoms with E-state index in [1.54, 1.807) is 0 Å². The molecular weight excluding hydrogens is 136 g/mol. The Morgan fingerprint density at radius 2 is 1.73 bits per heavy atom. The summed E-state index contributed by atoms with van der Waals surface area (Å²) in [6.45, 7) is 4.51. The molecule has 0 aliphatic heterocycles. The van der Waals surface area contributed by atoms with Crippen LogP contribution < -0.4 is 0 Å². The Morgan fingerprint density at radius 3 is 2.27 bits per heavy atom. The standard InChI is InChI=1S/C10H20O/c1-10(2)8-6-4-3-5-7-9-11/h9-10H,3-8H2,1-2H3. The minimum Gasteiger partial charge on any atom is -0.303 e. The normalized spacial score (nSPS) is 10.5. The van der Waals surface area contributed by atoms with Crippen molar-refractivity contribution in [3.8, 4) is 0 Å². The third-order valence-corrected chi connectivity index (χ3v) is 1.85. The van der Waals surface area contributed by atoms with E-state index in [4.69, 9.17) is 0 Å². The van der Waals surface area contributed by atoms with Crippen LogP contribution in [0.3, 0.4) is 0 Å². The van der Waals surface area contributed by atoms with Gasteiger partial charge in [0.1, 0.15) is 6.29 Å². The van der Waals surface area contributed by atoms with Crippen LogP contribution in [-0.2, 0) is 4.79 Å². The van der Waals surface area contributed by atoms with Crippen LogP contribution in [0.5, 0.6) is 0 Å². The maximum atomic E-state index is 9.95. The molecule has 1 nitrogen and oxygen atoms in total. The van der Waals surface area contributed by atoms with E-state index in [1.165, 1.54) is 25.7 Å². The first-order chi connectivity index (χ1) is 5.27. The van der Waals surface area contributed by atoms with Crippen molar-refractivity contribution in [2.45, 2.75) is 52.4 Å². The molecule has 0 amide bonds. The van der Waals surface area contributed by atoms with Crippen molar-refractivity contribution in [2.75, 3.05) is 0 Å². The van der Waals surface area contributed by atoms with E-state index in [-0.39, 0.29) is 0 Å². The predicted molar refractivity (Wildman–Crippen MR) is 48.6 cm³/mol. The van der Waals surface area contributed by atoms with Gasteiger partial charge in [-0.1, -0.05) is 39.5 Å². The van der Waals surface area contributed by atoms with Gasteiger partial charge in [0.25, 0.3) is 0 Å². The van der Waals surface area contributed by atoms with Crippen molar-refractivity contribution in [1.29, 1.82) is 0 Å². The van der Waals surface area contributed by atoms with Crippen LogP contribution in [0.25, 0.3) is 0 Å². The van der Waals surface area contributed by atoms with Gasteiger partial charge in [-0.2, -0.15) is 0 Å². The summed E-state index contributed by atoms with van der Waals surface area (Å²) in [6, 6.07) is 0. The van der Waals surface area contributed by atoms with Gasteiger partial charge >= 0.3 is 0 Å². The lowest BCUT2D eigenvalue weighted by Crippen LogP contribution is -1.87. The second-order valence-electron chi connectivity index (χ2n) is 3.55. The number of hydrogen-bond acceptors (Lipinski definition) is 1. The number of carbonyl (C=O) groups is 1. The first-order valence-electron chi connectivity index (χ1n) is 4.71. The van der Waals surface area contributed by atoms with E-state index in [0.29, 0.717) is 0 Å². The molecule has 0 radical (unpaired) electrons. The summed E-state index contributed by atoms with van der Waals surface area (Å²) in [7, 11) is 0. The third-order valence-electron chi connectivity index (χ3n) is 1.85. The third kappa shape index (κ3) is 9.67.